The Balaban J connectivity index is 3.95. The minimum absolute atomic E-state index is 0.221. The van der Waals surface area contributed by atoms with Gasteiger partial charge in [0.05, 0.1) is 0 Å². The summed E-state index contributed by atoms with van der Waals surface area (Å²) in [5.41, 5.74) is 2.79. The van der Waals surface area contributed by atoms with Gasteiger partial charge in [-0.1, -0.05) is 13.0 Å². The molecule has 0 spiro atoms. The summed E-state index contributed by atoms with van der Waals surface area (Å²) in [4.78, 5) is 11.1. The van der Waals surface area contributed by atoms with Gasteiger partial charge in [0.15, 0.2) is 0 Å². The van der Waals surface area contributed by atoms with Crippen LogP contribution in [0.1, 0.15) is 33.1 Å². The fraction of sp³-hybridized carbons (Fsp3) is 0.500. The first-order valence-electron chi connectivity index (χ1n) is 4.38. The number of hydrazine groups is 1. The van der Waals surface area contributed by atoms with Crippen molar-refractivity contribution < 1.29 is 4.79 Å². The van der Waals surface area contributed by atoms with Gasteiger partial charge in [-0.2, -0.15) is 0 Å². The molecule has 0 rings (SSSR count). The van der Waals surface area contributed by atoms with Crippen molar-refractivity contribution in [2.75, 3.05) is 0 Å². The van der Waals surface area contributed by atoms with E-state index in [9.17, 15) is 4.79 Å². The van der Waals surface area contributed by atoms with Crippen LogP contribution < -0.4 is 11.3 Å². The highest BCUT2D eigenvalue weighted by molar-refractivity contribution is 5.92. The van der Waals surface area contributed by atoms with Crippen molar-refractivity contribution >= 4 is 5.91 Å². The van der Waals surface area contributed by atoms with Crippen LogP contribution >= 0.6 is 0 Å². The minimum Gasteiger partial charge on any atom is -0.290 e. The number of amides is 1. The quantitative estimate of drug-likeness (QED) is 0.225. The average molecular weight is 180 g/mol. The maximum Gasteiger partial charge on any atom is 0.260 e. The van der Waals surface area contributed by atoms with Crippen LogP contribution in [-0.4, -0.2) is 5.91 Å². The molecule has 0 radical (unpaired) electrons. The van der Waals surface area contributed by atoms with E-state index < -0.39 is 0 Å². The molecule has 0 aromatic carbocycles. The number of allylic oxidation sites excluding steroid dienone is 1. The molecule has 0 saturated carbocycles. The lowest BCUT2D eigenvalue weighted by atomic mass is 10.1. The number of rotatable bonds is 3. The van der Waals surface area contributed by atoms with E-state index in [1.54, 1.807) is 6.08 Å². The molecular formula is C10H16N2O. The molecule has 0 saturated heterocycles. The lowest BCUT2D eigenvalue weighted by molar-refractivity contribution is -0.117. The maximum absolute atomic E-state index is 11.1. The lowest BCUT2D eigenvalue weighted by Crippen LogP contribution is -2.31. The van der Waals surface area contributed by atoms with E-state index in [1.165, 1.54) is 0 Å². The normalized spacial score (nSPS) is 10.2. The number of hydrogen-bond donors (Lipinski definition) is 2. The summed E-state index contributed by atoms with van der Waals surface area (Å²) in [6.07, 6.45) is 3.98. The fourth-order valence-electron chi connectivity index (χ4n) is 0.892. The first-order chi connectivity index (χ1) is 6.26. The third-order valence-electron chi connectivity index (χ3n) is 1.59. The first-order valence-corrected chi connectivity index (χ1v) is 4.38. The Labute approximate surface area is 79.4 Å². The molecule has 0 aliphatic rings. The Morgan fingerprint density at radius 2 is 2.23 bits per heavy atom. The molecule has 0 aliphatic carbocycles. The lowest BCUT2D eigenvalue weighted by Gasteiger charge is -2.01. The Hall–Kier alpha value is -1.27. The largest absolute Gasteiger partial charge is 0.290 e. The second-order valence-corrected chi connectivity index (χ2v) is 2.49. The highest BCUT2D eigenvalue weighted by atomic mass is 16.2. The molecule has 0 atom stereocenters. The zero-order valence-corrected chi connectivity index (χ0v) is 8.18. The van der Waals surface area contributed by atoms with Crippen molar-refractivity contribution in [3.8, 4) is 11.8 Å². The van der Waals surface area contributed by atoms with Crippen LogP contribution in [0, 0.1) is 11.8 Å². The van der Waals surface area contributed by atoms with Gasteiger partial charge in [-0.25, -0.2) is 5.84 Å². The van der Waals surface area contributed by atoms with E-state index in [0.717, 1.165) is 6.42 Å². The summed E-state index contributed by atoms with van der Waals surface area (Å²) < 4.78 is 0. The standard InChI is InChI=1S/C10H16N2O/c1-3-5-6-7-8-9(4-2)10(13)12-11/h4H,3,7-8,11H2,1-2H3,(H,12,13)/b9-4+. The van der Waals surface area contributed by atoms with Crippen LogP contribution in [0.15, 0.2) is 11.6 Å². The number of carbonyl (C=O) groups is 1. The Kier molecular flexibility index (Phi) is 6.66. The summed E-state index contributed by atoms with van der Waals surface area (Å²) in [7, 11) is 0. The third-order valence-corrected chi connectivity index (χ3v) is 1.59. The Bertz CT molecular complexity index is 245. The molecule has 0 unspecified atom stereocenters. The molecule has 1 amide bonds. The van der Waals surface area contributed by atoms with E-state index in [0.29, 0.717) is 18.4 Å². The van der Waals surface area contributed by atoms with Crippen molar-refractivity contribution in [2.45, 2.75) is 33.1 Å². The van der Waals surface area contributed by atoms with Crippen LogP contribution in [0.3, 0.4) is 0 Å². The van der Waals surface area contributed by atoms with E-state index in [2.05, 4.69) is 17.3 Å². The van der Waals surface area contributed by atoms with Crippen molar-refractivity contribution in [1.82, 2.24) is 5.43 Å². The summed E-state index contributed by atoms with van der Waals surface area (Å²) in [5, 5.41) is 0. The molecule has 3 N–H and O–H groups in total. The monoisotopic (exact) mass is 180 g/mol. The fourth-order valence-corrected chi connectivity index (χ4v) is 0.892. The molecule has 3 heteroatoms. The van der Waals surface area contributed by atoms with Crippen molar-refractivity contribution in [3.63, 3.8) is 0 Å². The van der Waals surface area contributed by atoms with Gasteiger partial charge in [0.25, 0.3) is 5.91 Å². The van der Waals surface area contributed by atoms with Gasteiger partial charge in [-0.15, -0.1) is 11.8 Å². The van der Waals surface area contributed by atoms with Gasteiger partial charge in [-0.05, 0) is 13.3 Å². The second-order valence-electron chi connectivity index (χ2n) is 2.49. The van der Waals surface area contributed by atoms with Crippen LogP contribution in [0.5, 0.6) is 0 Å². The zero-order chi connectivity index (χ0) is 10.1. The molecule has 0 bridgehead atoms. The molecule has 0 aliphatic heterocycles. The summed E-state index contributed by atoms with van der Waals surface area (Å²) in [6.45, 7) is 3.81. The molecule has 3 nitrogen and oxygen atoms in total. The van der Waals surface area contributed by atoms with Gasteiger partial charge >= 0.3 is 0 Å². The molecule has 13 heavy (non-hydrogen) atoms. The number of nitrogens with one attached hydrogen (secondary N) is 1. The predicted octanol–water partition coefficient (Wildman–Crippen LogP) is 1.12. The molecular weight excluding hydrogens is 164 g/mol. The van der Waals surface area contributed by atoms with Crippen molar-refractivity contribution in [2.24, 2.45) is 5.84 Å². The maximum atomic E-state index is 11.1. The molecule has 0 fully saturated rings. The summed E-state index contributed by atoms with van der Waals surface area (Å²) >= 11 is 0. The van der Waals surface area contributed by atoms with E-state index in [4.69, 9.17) is 5.84 Å². The number of hydrogen-bond acceptors (Lipinski definition) is 2. The number of nitrogens with two attached hydrogens (primary N) is 1. The van der Waals surface area contributed by atoms with E-state index >= 15 is 0 Å². The molecule has 0 aromatic rings. The first kappa shape index (κ1) is 11.7. The Morgan fingerprint density at radius 1 is 1.54 bits per heavy atom. The topological polar surface area (TPSA) is 55.1 Å². The zero-order valence-electron chi connectivity index (χ0n) is 8.18. The van der Waals surface area contributed by atoms with Crippen LogP contribution in [-0.2, 0) is 4.79 Å². The van der Waals surface area contributed by atoms with Crippen molar-refractivity contribution in [3.05, 3.63) is 11.6 Å². The van der Waals surface area contributed by atoms with E-state index in [-0.39, 0.29) is 5.91 Å². The predicted molar refractivity (Wildman–Crippen MR) is 53.4 cm³/mol. The second kappa shape index (κ2) is 7.38. The van der Waals surface area contributed by atoms with Gasteiger partial charge in [0, 0.05) is 18.4 Å². The molecule has 72 valence electrons. The van der Waals surface area contributed by atoms with Gasteiger partial charge < -0.3 is 0 Å². The van der Waals surface area contributed by atoms with E-state index in [1.807, 2.05) is 13.8 Å². The SMILES string of the molecule is C/C=C(\CCC#CCC)C(=O)NN. The van der Waals surface area contributed by atoms with Crippen LogP contribution in [0.25, 0.3) is 0 Å². The van der Waals surface area contributed by atoms with Gasteiger partial charge in [0.2, 0.25) is 0 Å². The number of carbonyl (C=O) groups excluding carboxylic acids is 1. The van der Waals surface area contributed by atoms with Crippen LogP contribution in [0.2, 0.25) is 0 Å². The van der Waals surface area contributed by atoms with Crippen molar-refractivity contribution in [1.29, 1.82) is 0 Å². The highest BCUT2D eigenvalue weighted by Crippen LogP contribution is 2.03. The van der Waals surface area contributed by atoms with Crippen LogP contribution in [0.4, 0.5) is 0 Å². The smallest absolute Gasteiger partial charge is 0.260 e. The molecule has 0 heterocycles. The third kappa shape index (κ3) is 5.05. The summed E-state index contributed by atoms with van der Waals surface area (Å²) in [5.74, 6) is 10.7. The summed E-state index contributed by atoms with van der Waals surface area (Å²) in [6, 6.07) is 0. The molecule has 0 aromatic heterocycles. The van der Waals surface area contributed by atoms with Gasteiger partial charge in [0.1, 0.15) is 0 Å². The minimum atomic E-state index is -0.221. The average Bonchev–Trinajstić information content (AvgIpc) is 2.17. The van der Waals surface area contributed by atoms with Gasteiger partial charge in [-0.3, -0.25) is 10.2 Å². The Morgan fingerprint density at radius 3 is 2.69 bits per heavy atom. The highest BCUT2D eigenvalue weighted by Gasteiger charge is 2.04.